The minimum atomic E-state index is -0.741. The number of amides is 2. The highest BCUT2D eigenvalue weighted by atomic mass is 35.5. The van der Waals surface area contributed by atoms with Crippen molar-refractivity contribution in [1.29, 1.82) is 5.26 Å². The zero-order chi connectivity index (χ0) is 22.5. The Morgan fingerprint density at radius 3 is 2.47 bits per heavy atom. The second-order valence-corrected chi connectivity index (χ2v) is 7.94. The standard InChI is InChI=1S/C19H22ClN5O5/c1-19(2,3)30-18(27)24-8-6-23(7-9-24)12-13(11-21)17(26)22-16-10-14(25(28)29)4-5-15(16)20/h4-5,10,12H,6-9H2,1-3H3,(H,22,26)/b13-12-. The van der Waals surface area contributed by atoms with Gasteiger partial charge in [-0.05, 0) is 26.8 Å². The first-order chi connectivity index (χ1) is 14.0. The topological polar surface area (TPSA) is 129 Å². The SMILES string of the molecule is CC(C)(C)OC(=O)N1CCN(/C=C(/C#N)C(=O)Nc2cc([N+](=O)[O-])ccc2Cl)CC1. The fraction of sp³-hybridized carbons (Fsp3) is 0.421. The molecule has 1 saturated heterocycles. The van der Waals surface area contributed by atoms with E-state index in [2.05, 4.69) is 5.32 Å². The minimum Gasteiger partial charge on any atom is -0.444 e. The van der Waals surface area contributed by atoms with E-state index in [9.17, 15) is 25.0 Å². The fourth-order valence-electron chi connectivity index (χ4n) is 2.59. The van der Waals surface area contributed by atoms with E-state index in [0.717, 1.165) is 6.07 Å². The number of nitriles is 1. The van der Waals surface area contributed by atoms with Crippen LogP contribution in [0.15, 0.2) is 30.0 Å². The largest absolute Gasteiger partial charge is 0.444 e. The fourth-order valence-corrected chi connectivity index (χ4v) is 2.76. The molecule has 1 heterocycles. The van der Waals surface area contributed by atoms with Gasteiger partial charge in [-0.2, -0.15) is 5.26 Å². The molecule has 0 bridgehead atoms. The summed E-state index contributed by atoms with van der Waals surface area (Å²) in [4.78, 5) is 38.1. The van der Waals surface area contributed by atoms with Gasteiger partial charge in [0, 0.05) is 44.5 Å². The van der Waals surface area contributed by atoms with Crippen molar-refractivity contribution in [3.8, 4) is 6.07 Å². The lowest BCUT2D eigenvalue weighted by Crippen LogP contribution is -2.48. The van der Waals surface area contributed by atoms with Gasteiger partial charge < -0.3 is 19.9 Å². The number of nitro benzene ring substituents is 1. The molecule has 1 fully saturated rings. The molecule has 0 saturated carbocycles. The third-order valence-electron chi connectivity index (χ3n) is 4.05. The van der Waals surface area contributed by atoms with Crippen molar-refractivity contribution in [3.05, 3.63) is 45.1 Å². The number of carbonyl (C=O) groups is 2. The molecule has 10 nitrogen and oxygen atoms in total. The van der Waals surface area contributed by atoms with Crippen LogP contribution >= 0.6 is 11.6 Å². The Kier molecular flexibility index (Phi) is 7.24. The monoisotopic (exact) mass is 435 g/mol. The predicted octanol–water partition coefficient (Wildman–Crippen LogP) is 3.15. The Balaban J connectivity index is 2.02. The molecule has 11 heteroatoms. The van der Waals surface area contributed by atoms with Crippen LogP contribution in [0.3, 0.4) is 0 Å². The molecule has 1 aromatic rings. The third kappa shape index (κ3) is 6.35. The van der Waals surface area contributed by atoms with Crippen LogP contribution in [0.1, 0.15) is 20.8 Å². The lowest BCUT2D eigenvalue weighted by Gasteiger charge is -2.35. The molecule has 0 radical (unpaired) electrons. The van der Waals surface area contributed by atoms with Crippen molar-refractivity contribution in [1.82, 2.24) is 9.80 Å². The highest BCUT2D eigenvalue weighted by Crippen LogP contribution is 2.27. The van der Waals surface area contributed by atoms with E-state index in [-0.39, 0.29) is 22.0 Å². The number of benzene rings is 1. The Hall–Kier alpha value is -3.32. The summed E-state index contributed by atoms with van der Waals surface area (Å²) in [6.07, 6.45) is 0.984. The van der Waals surface area contributed by atoms with E-state index in [0.29, 0.717) is 26.2 Å². The van der Waals surface area contributed by atoms with Crippen LogP contribution in [0.25, 0.3) is 0 Å². The van der Waals surface area contributed by atoms with E-state index >= 15 is 0 Å². The first-order valence-corrected chi connectivity index (χ1v) is 9.47. The normalized spacial score (nSPS) is 14.7. The lowest BCUT2D eigenvalue weighted by atomic mass is 10.2. The van der Waals surface area contributed by atoms with Gasteiger partial charge in [-0.15, -0.1) is 0 Å². The number of non-ortho nitro benzene ring substituents is 1. The van der Waals surface area contributed by atoms with E-state index < -0.39 is 22.5 Å². The number of rotatable bonds is 4. The summed E-state index contributed by atoms with van der Waals surface area (Å²) in [7, 11) is 0. The second-order valence-electron chi connectivity index (χ2n) is 7.53. The predicted molar refractivity (Wildman–Crippen MR) is 110 cm³/mol. The average Bonchev–Trinajstić information content (AvgIpc) is 2.66. The molecule has 30 heavy (non-hydrogen) atoms. The van der Waals surface area contributed by atoms with Gasteiger partial charge >= 0.3 is 6.09 Å². The summed E-state index contributed by atoms with van der Waals surface area (Å²) in [5.74, 6) is -0.741. The quantitative estimate of drug-likeness (QED) is 0.333. The van der Waals surface area contributed by atoms with Gasteiger partial charge in [0.1, 0.15) is 17.2 Å². The van der Waals surface area contributed by atoms with Gasteiger partial charge in [0.05, 0.1) is 15.6 Å². The summed E-state index contributed by atoms with van der Waals surface area (Å²) in [6, 6.07) is 5.44. The van der Waals surface area contributed by atoms with Gasteiger partial charge in [-0.1, -0.05) is 11.6 Å². The lowest BCUT2D eigenvalue weighted by molar-refractivity contribution is -0.384. The first-order valence-electron chi connectivity index (χ1n) is 9.09. The maximum Gasteiger partial charge on any atom is 0.410 e. The van der Waals surface area contributed by atoms with Crippen molar-refractivity contribution in [2.75, 3.05) is 31.5 Å². The number of ether oxygens (including phenoxy) is 1. The van der Waals surface area contributed by atoms with Crippen LogP contribution in [0.2, 0.25) is 5.02 Å². The van der Waals surface area contributed by atoms with Crippen LogP contribution in [-0.4, -0.2) is 58.5 Å². The van der Waals surface area contributed by atoms with Crippen LogP contribution in [0.4, 0.5) is 16.2 Å². The van der Waals surface area contributed by atoms with Crippen molar-refractivity contribution < 1.29 is 19.2 Å². The molecule has 1 aromatic carbocycles. The van der Waals surface area contributed by atoms with Crippen LogP contribution in [0, 0.1) is 21.4 Å². The Labute approximate surface area is 178 Å². The number of piperazine rings is 1. The molecule has 1 aliphatic heterocycles. The number of hydrogen-bond acceptors (Lipinski definition) is 7. The molecule has 160 valence electrons. The Morgan fingerprint density at radius 2 is 1.93 bits per heavy atom. The van der Waals surface area contributed by atoms with Gasteiger partial charge in [-0.3, -0.25) is 14.9 Å². The van der Waals surface area contributed by atoms with E-state index in [1.165, 1.54) is 18.3 Å². The molecule has 2 rings (SSSR count). The van der Waals surface area contributed by atoms with Crippen LogP contribution in [0.5, 0.6) is 0 Å². The maximum atomic E-state index is 12.4. The highest BCUT2D eigenvalue weighted by Gasteiger charge is 2.25. The minimum absolute atomic E-state index is 0.0340. The number of hydrogen-bond donors (Lipinski definition) is 1. The van der Waals surface area contributed by atoms with Gasteiger partial charge in [-0.25, -0.2) is 4.79 Å². The zero-order valence-electron chi connectivity index (χ0n) is 16.8. The van der Waals surface area contributed by atoms with Crippen molar-refractivity contribution in [2.45, 2.75) is 26.4 Å². The first kappa shape index (κ1) is 23.0. The highest BCUT2D eigenvalue weighted by molar-refractivity contribution is 6.34. The molecule has 0 atom stereocenters. The van der Waals surface area contributed by atoms with Gasteiger partial charge in [0.2, 0.25) is 0 Å². The molecule has 1 aliphatic rings. The number of nitro groups is 1. The van der Waals surface area contributed by atoms with Gasteiger partial charge in [0.15, 0.2) is 0 Å². The molecule has 0 aromatic heterocycles. The summed E-state index contributed by atoms with van der Waals surface area (Å²) >= 11 is 5.98. The summed E-state index contributed by atoms with van der Waals surface area (Å²) < 4.78 is 5.33. The molecular formula is C19H22ClN5O5. The molecule has 0 unspecified atom stereocenters. The maximum absolute atomic E-state index is 12.4. The molecule has 1 N–H and O–H groups in total. The number of anilines is 1. The smallest absolute Gasteiger partial charge is 0.410 e. The van der Waals surface area contributed by atoms with E-state index in [1.807, 2.05) is 6.07 Å². The Morgan fingerprint density at radius 1 is 1.30 bits per heavy atom. The summed E-state index contributed by atoms with van der Waals surface area (Å²) in [5, 5.41) is 22.8. The van der Waals surface area contributed by atoms with Crippen molar-refractivity contribution in [3.63, 3.8) is 0 Å². The van der Waals surface area contributed by atoms with E-state index in [1.54, 1.807) is 30.6 Å². The average molecular weight is 436 g/mol. The molecule has 2 amide bonds. The summed E-state index contributed by atoms with van der Waals surface area (Å²) in [5.41, 5.74) is -0.987. The molecular weight excluding hydrogens is 414 g/mol. The molecule has 0 spiro atoms. The zero-order valence-corrected chi connectivity index (χ0v) is 17.6. The van der Waals surface area contributed by atoms with Crippen molar-refractivity contribution >= 4 is 35.0 Å². The number of carbonyl (C=O) groups excluding carboxylic acids is 2. The third-order valence-corrected chi connectivity index (χ3v) is 4.38. The number of nitrogens with zero attached hydrogens (tertiary/aromatic N) is 4. The van der Waals surface area contributed by atoms with Gasteiger partial charge in [0.25, 0.3) is 11.6 Å². The van der Waals surface area contributed by atoms with Crippen molar-refractivity contribution in [2.24, 2.45) is 0 Å². The Bertz CT molecular complexity index is 911. The number of nitrogens with one attached hydrogen (secondary N) is 1. The second kappa shape index (κ2) is 9.45. The van der Waals surface area contributed by atoms with Crippen LogP contribution in [-0.2, 0) is 9.53 Å². The molecule has 0 aliphatic carbocycles. The van der Waals surface area contributed by atoms with E-state index in [4.69, 9.17) is 16.3 Å². The number of halogens is 1. The summed E-state index contributed by atoms with van der Waals surface area (Å²) in [6.45, 7) is 6.94. The van der Waals surface area contributed by atoms with Crippen LogP contribution < -0.4 is 5.32 Å².